The van der Waals surface area contributed by atoms with Gasteiger partial charge >= 0.3 is 5.97 Å². The van der Waals surface area contributed by atoms with E-state index in [1.165, 1.54) is 0 Å². The maximum Gasteiger partial charge on any atom is 0.310 e. The van der Waals surface area contributed by atoms with E-state index in [4.69, 9.17) is 9.84 Å². The van der Waals surface area contributed by atoms with Crippen molar-refractivity contribution in [2.45, 2.75) is 52.2 Å². The molecule has 2 atom stereocenters. The number of ether oxygens (including phenoxy) is 1. The maximum absolute atomic E-state index is 10.8. The number of carboxylic acids is 1. The number of rotatable bonds is 7. The first kappa shape index (κ1) is 14.7. The maximum atomic E-state index is 10.8. The summed E-state index contributed by atoms with van der Waals surface area (Å²) in [4.78, 5) is 10.8. The molecule has 1 aromatic carbocycles. The number of carboxylic acid groups (broad SMARTS) is 1. The molecule has 0 saturated carbocycles. The van der Waals surface area contributed by atoms with Gasteiger partial charge in [-0.15, -0.1) is 0 Å². The Hall–Kier alpha value is -1.35. The average Bonchev–Trinajstić information content (AvgIpc) is 2.36. The van der Waals surface area contributed by atoms with Crippen molar-refractivity contribution in [3.63, 3.8) is 0 Å². The van der Waals surface area contributed by atoms with E-state index in [2.05, 4.69) is 13.8 Å². The van der Waals surface area contributed by atoms with Crippen LogP contribution in [0, 0.1) is 0 Å². The minimum Gasteiger partial charge on any atom is -0.481 e. The quantitative estimate of drug-likeness (QED) is 0.804. The van der Waals surface area contributed by atoms with Gasteiger partial charge in [-0.05, 0) is 31.4 Å². The normalized spacial score (nSPS) is 14.2. The Morgan fingerprint density at radius 3 is 2.39 bits per heavy atom. The fourth-order valence-electron chi connectivity index (χ4n) is 1.77. The molecule has 0 spiro atoms. The molecule has 0 heterocycles. The SMILES string of the molecule is CCCC(C)OCc1ccc(C(C)C(=O)O)cc1. The van der Waals surface area contributed by atoms with Crippen molar-refractivity contribution in [2.75, 3.05) is 0 Å². The molecule has 0 saturated heterocycles. The minimum atomic E-state index is -0.796. The molecule has 18 heavy (non-hydrogen) atoms. The van der Waals surface area contributed by atoms with E-state index in [0.29, 0.717) is 6.61 Å². The van der Waals surface area contributed by atoms with Crippen LogP contribution in [0.2, 0.25) is 0 Å². The first-order valence-corrected chi connectivity index (χ1v) is 6.47. The molecule has 0 aliphatic heterocycles. The average molecular weight is 250 g/mol. The van der Waals surface area contributed by atoms with Crippen LogP contribution in [-0.4, -0.2) is 17.2 Å². The Labute approximate surface area is 109 Å². The van der Waals surface area contributed by atoms with Crippen molar-refractivity contribution < 1.29 is 14.6 Å². The first-order chi connectivity index (χ1) is 8.54. The Bertz CT molecular complexity index is 370. The Balaban J connectivity index is 2.53. The van der Waals surface area contributed by atoms with Gasteiger partial charge in [-0.3, -0.25) is 4.79 Å². The minimum absolute atomic E-state index is 0.271. The van der Waals surface area contributed by atoms with Crippen LogP contribution in [0.15, 0.2) is 24.3 Å². The molecular weight excluding hydrogens is 228 g/mol. The van der Waals surface area contributed by atoms with Gasteiger partial charge in [0.1, 0.15) is 0 Å². The molecule has 0 aliphatic rings. The number of benzene rings is 1. The second-order valence-corrected chi connectivity index (χ2v) is 4.71. The van der Waals surface area contributed by atoms with Crippen molar-refractivity contribution in [2.24, 2.45) is 0 Å². The predicted octanol–water partition coefficient (Wildman–Crippen LogP) is 3.58. The van der Waals surface area contributed by atoms with Crippen LogP contribution in [0.1, 0.15) is 50.7 Å². The molecule has 100 valence electrons. The zero-order chi connectivity index (χ0) is 13.5. The molecule has 0 fully saturated rings. The predicted molar refractivity (Wildman–Crippen MR) is 71.7 cm³/mol. The molecule has 1 rings (SSSR count). The highest BCUT2D eigenvalue weighted by Crippen LogP contribution is 2.17. The lowest BCUT2D eigenvalue weighted by atomic mass is 10.0. The van der Waals surface area contributed by atoms with Gasteiger partial charge in [0.05, 0.1) is 18.6 Å². The van der Waals surface area contributed by atoms with Gasteiger partial charge in [-0.25, -0.2) is 0 Å². The summed E-state index contributed by atoms with van der Waals surface area (Å²) in [5.41, 5.74) is 1.91. The van der Waals surface area contributed by atoms with Crippen molar-refractivity contribution in [3.8, 4) is 0 Å². The summed E-state index contributed by atoms with van der Waals surface area (Å²) in [7, 11) is 0. The molecule has 2 unspecified atom stereocenters. The first-order valence-electron chi connectivity index (χ1n) is 6.47. The summed E-state index contributed by atoms with van der Waals surface area (Å²) in [6.07, 6.45) is 2.46. The van der Waals surface area contributed by atoms with Crippen LogP contribution < -0.4 is 0 Å². The second-order valence-electron chi connectivity index (χ2n) is 4.71. The highest BCUT2D eigenvalue weighted by molar-refractivity contribution is 5.75. The van der Waals surface area contributed by atoms with E-state index in [9.17, 15) is 4.79 Å². The molecule has 1 N–H and O–H groups in total. The molecule has 0 radical (unpaired) electrons. The fraction of sp³-hybridized carbons (Fsp3) is 0.533. The number of aliphatic carboxylic acids is 1. The molecule has 0 amide bonds. The Kier molecular flexibility index (Phi) is 5.86. The summed E-state index contributed by atoms with van der Waals surface area (Å²) >= 11 is 0. The molecule has 3 nitrogen and oxygen atoms in total. The van der Waals surface area contributed by atoms with Crippen LogP contribution in [-0.2, 0) is 16.1 Å². The molecule has 0 aliphatic carbocycles. The molecular formula is C15H22O3. The van der Waals surface area contributed by atoms with E-state index in [1.54, 1.807) is 6.92 Å². The third-order valence-corrected chi connectivity index (χ3v) is 3.08. The summed E-state index contributed by atoms with van der Waals surface area (Å²) in [6.45, 7) is 6.49. The van der Waals surface area contributed by atoms with Crippen LogP contribution >= 0.6 is 0 Å². The van der Waals surface area contributed by atoms with E-state index in [-0.39, 0.29) is 6.10 Å². The topological polar surface area (TPSA) is 46.5 Å². The standard InChI is InChI=1S/C15H22O3/c1-4-5-11(2)18-10-13-6-8-14(9-7-13)12(3)15(16)17/h6-9,11-12H,4-5,10H2,1-3H3,(H,16,17). The van der Waals surface area contributed by atoms with Crippen molar-refractivity contribution in [1.29, 1.82) is 0 Å². The zero-order valence-electron chi connectivity index (χ0n) is 11.3. The Morgan fingerprint density at radius 1 is 1.28 bits per heavy atom. The molecule has 1 aromatic rings. The zero-order valence-corrected chi connectivity index (χ0v) is 11.3. The van der Waals surface area contributed by atoms with Gasteiger partial charge in [-0.1, -0.05) is 37.6 Å². The van der Waals surface area contributed by atoms with Gasteiger partial charge in [0.2, 0.25) is 0 Å². The van der Waals surface area contributed by atoms with Crippen molar-refractivity contribution >= 4 is 5.97 Å². The summed E-state index contributed by atoms with van der Waals surface area (Å²) in [6, 6.07) is 7.60. The fourth-order valence-corrected chi connectivity index (χ4v) is 1.77. The Morgan fingerprint density at radius 2 is 1.89 bits per heavy atom. The van der Waals surface area contributed by atoms with Gasteiger partial charge in [0.25, 0.3) is 0 Å². The summed E-state index contributed by atoms with van der Waals surface area (Å²) in [5, 5.41) is 8.92. The van der Waals surface area contributed by atoms with E-state index >= 15 is 0 Å². The lowest BCUT2D eigenvalue weighted by Crippen LogP contribution is -2.08. The van der Waals surface area contributed by atoms with E-state index in [0.717, 1.165) is 24.0 Å². The van der Waals surface area contributed by atoms with Gasteiger partial charge < -0.3 is 9.84 Å². The molecule has 3 heteroatoms. The highest BCUT2D eigenvalue weighted by Gasteiger charge is 2.13. The largest absolute Gasteiger partial charge is 0.481 e. The lowest BCUT2D eigenvalue weighted by molar-refractivity contribution is -0.138. The second kappa shape index (κ2) is 7.17. The summed E-state index contributed by atoms with van der Waals surface area (Å²) < 4.78 is 5.70. The van der Waals surface area contributed by atoms with Crippen LogP contribution in [0.5, 0.6) is 0 Å². The van der Waals surface area contributed by atoms with Crippen LogP contribution in [0.25, 0.3) is 0 Å². The van der Waals surface area contributed by atoms with Gasteiger partial charge in [-0.2, -0.15) is 0 Å². The van der Waals surface area contributed by atoms with Crippen LogP contribution in [0.3, 0.4) is 0 Å². The van der Waals surface area contributed by atoms with Crippen LogP contribution in [0.4, 0.5) is 0 Å². The monoisotopic (exact) mass is 250 g/mol. The highest BCUT2D eigenvalue weighted by atomic mass is 16.5. The van der Waals surface area contributed by atoms with Gasteiger partial charge in [0, 0.05) is 0 Å². The number of hydrogen-bond acceptors (Lipinski definition) is 2. The van der Waals surface area contributed by atoms with Crippen molar-refractivity contribution in [1.82, 2.24) is 0 Å². The molecule has 0 aromatic heterocycles. The third kappa shape index (κ3) is 4.49. The third-order valence-electron chi connectivity index (χ3n) is 3.08. The number of carbonyl (C=O) groups is 1. The van der Waals surface area contributed by atoms with E-state index < -0.39 is 11.9 Å². The summed E-state index contributed by atoms with van der Waals surface area (Å²) in [5.74, 6) is -1.26. The number of hydrogen-bond donors (Lipinski definition) is 1. The van der Waals surface area contributed by atoms with E-state index in [1.807, 2.05) is 24.3 Å². The smallest absolute Gasteiger partial charge is 0.310 e. The molecule has 0 bridgehead atoms. The van der Waals surface area contributed by atoms with Gasteiger partial charge in [0.15, 0.2) is 0 Å². The lowest BCUT2D eigenvalue weighted by Gasteiger charge is -2.12. The van der Waals surface area contributed by atoms with Crippen molar-refractivity contribution in [3.05, 3.63) is 35.4 Å².